The van der Waals surface area contributed by atoms with Crippen molar-refractivity contribution in [1.29, 1.82) is 0 Å². The third-order valence-corrected chi connectivity index (χ3v) is 7.80. The molecule has 0 amide bonds. The van der Waals surface area contributed by atoms with Gasteiger partial charge in [-0.05, 0) is 37.6 Å². The molecule has 4 heterocycles. The molecule has 12 heteroatoms. The van der Waals surface area contributed by atoms with E-state index in [0.717, 1.165) is 0 Å². The van der Waals surface area contributed by atoms with E-state index in [1.165, 1.54) is 36.5 Å². The molecule has 1 saturated carbocycles. The van der Waals surface area contributed by atoms with Crippen molar-refractivity contribution in [3.05, 3.63) is 66.4 Å². The molecule has 3 atom stereocenters. The van der Waals surface area contributed by atoms with Crippen molar-refractivity contribution < 1.29 is 17.9 Å². The number of ether oxygens (including phenoxy) is 1. The molecule has 3 N–H and O–H groups in total. The van der Waals surface area contributed by atoms with Crippen LogP contribution in [0.1, 0.15) is 24.8 Å². The highest BCUT2D eigenvalue weighted by atomic mass is 32.2. The molecule has 3 aromatic heterocycles. The van der Waals surface area contributed by atoms with Crippen LogP contribution in [-0.4, -0.2) is 36.5 Å². The molecule has 1 aromatic carbocycles. The third kappa shape index (κ3) is 4.09. The quantitative estimate of drug-likeness (QED) is 0.331. The van der Waals surface area contributed by atoms with E-state index in [9.17, 15) is 4.39 Å². The Bertz CT molecular complexity index is 1620. The second-order valence-electron chi connectivity index (χ2n) is 8.90. The van der Waals surface area contributed by atoms with E-state index in [4.69, 9.17) is 14.9 Å². The fourth-order valence-electron chi connectivity index (χ4n) is 4.83. The molecule has 192 valence electrons. The molecule has 0 saturated heterocycles. The van der Waals surface area contributed by atoms with Crippen LogP contribution in [0.5, 0.6) is 5.88 Å². The Labute approximate surface area is 220 Å². The van der Waals surface area contributed by atoms with Crippen LogP contribution in [0, 0.1) is 23.6 Å². The van der Waals surface area contributed by atoms with Crippen molar-refractivity contribution in [1.82, 2.24) is 19.9 Å². The number of aromatic nitrogens is 4. The lowest BCUT2D eigenvalue weighted by atomic mass is 9.84. The lowest BCUT2D eigenvalue weighted by Gasteiger charge is -2.33. The molecule has 1 fully saturated rings. The molecule has 4 aromatic rings. The smallest absolute Gasteiger partial charge is 0.233 e. The normalized spacial score (nSPS) is 23.7. The average molecular weight is 534 g/mol. The van der Waals surface area contributed by atoms with E-state index in [2.05, 4.69) is 42.1 Å². The maximum absolute atomic E-state index is 15.2. The van der Waals surface area contributed by atoms with Gasteiger partial charge >= 0.3 is 0 Å². The number of anilines is 2. The number of fused-ring (bicyclic) bond motifs is 2. The largest absolute Gasteiger partial charge is 0.467 e. The zero-order valence-electron chi connectivity index (χ0n) is 20.1. The van der Waals surface area contributed by atoms with Crippen LogP contribution < -0.4 is 15.8 Å². The molecular formula is C26H21F2N7O2S. The summed E-state index contributed by atoms with van der Waals surface area (Å²) in [6.07, 6.45) is 6.59. The highest BCUT2D eigenvalue weighted by Gasteiger charge is 2.68. The monoisotopic (exact) mass is 533 g/mol. The van der Waals surface area contributed by atoms with Gasteiger partial charge in [-0.25, -0.2) is 33.7 Å². The second-order valence-corrected chi connectivity index (χ2v) is 10.3. The Kier molecular flexibility index (Phi) is 5.87. The number of aliphatic imine (C=N–C) groups is 1. The van der Waals surface area contributed by atoms with Gasteiger partial charge in [0.15, 0.2) is 17.6 Å². The predicted molar refractivity (Wildman–Crippen MR) is 139 cm³/mol. The average Bonchev–Trinajstić information content (AvgIpc) is 3.38. The number of pyridine rings is 1. The Morgan fingerprint density at radius 3 is 2.95 bits per heavy atom. The number of benzene rings is 1. The molecule has 0 spiro atoms. The second kappa shape index (κ2) is 9.25. The lowest BCUT2D eigenvalue weighted by Crippen LogP contribution is -2.39. The van der Waals surface area contributed by atoms with Crippen LogP contribution in [0.25, 0.3) is 11.0 Å². The van der Waals surface area contributed by atoms with Crippen molar-refractivity contribution in [2.24, 2.45) is 16.6 Å². The zero-order chi connectivity index (χ0) is 26.3. The van der Waals surface area contributed by atoms with Gasteiger partial charge in [-0.1, -0.05) is 17.7 Å². The van der Waals surface area contributed by atoms with Crippen LogP contribution in [-0.2, 0) is 12.1 Å². The summed E-state index contributed by atoms with van der Waals surface area (Å²) < 4.78 is 40.2. The fourth-order valence-corrected chi connectivity index (χ4v) is 6.16. The SMILES string of the molecule is CC#C[C@]12C[C@H]1[C@@](CF)(c1cc(Nc3nccc4nc(OCc5ncco5)cnc34)ccc1F)N=C(N)S2. The first-order valence-electron chi connectivity index (χ1n) is 11.7. The Morgan fingerprint density at radius 1 is 1.26 bits per heavy atom. The lowest BCUT2D eigenvalue weighted by molar-refractivity contribution is 0.253. The van der Waals surface area contributed by atoms with Gasteiger partial charge in [0.25, 0.3) is 0 Å². The molecule has 9 nitrogen and oxygen atoms in total. The number of nitrogens with two attached hydrogens (primary N) is 1. The van der Waals surface area contributed by atoms with E-state index in [1.807, 2.05) is 0 Å². The van der Waals surface area contributed by atoms with E-state index >= 15 is 4.39 Å². The highest BCUT2D eigenvalue weighted by molar-refractivity contribution is 8.15. The summed E-state index contributed by atoms with van der Waals surface area (Å²) in [5.74, 6) is 6.26. The number of alkyl halides is 1. The number of hydrogen-bond acceptors (Lipinski definition) is 10. The Hall–Kier alpha value is -4.24. The molecule has 0 bridgehead atoms. The number of amidine groups is 1. The van der Waals surface area contributed by atoms with Crippen LogP contribution in [0.3, 0.4) is 0 Å². The molecular weight excluding hydrogens is 512 g/mol. The van der Waals surface area contributed by atoms with Gasteiger partial charge in [-0.15, -0.1) is 5.92 Å². The number of halogens is 2. The van der Waals surface area contributed by atoms with Gasteiger partial charge in [-0.2, -0.15) is 0 Å². The van der Waals surface area contributed by atoms with Crippen molar-refractivity contribution in [2.75, 3.05) is 12.0 Å². The summed E-state index contributed by atoms with van der Waals surface area (Å²) in [6.45, 7) is 0.927. The number of oxazole rings is 1. The standard InChI is InChI=1S/C26H21F2N7O2S/c1-2-6-25-11-19(25)26(14-27,35-24(29)38-25)16-10-15(3-4-17(16)28)33-23-22-18(5-7-31-23)34-20(12-32-22)37-13-21-30-8-9-36-21/h3-5,7-10,12,19H,11,13-14H2,1H3,(H2,29,35)(H,31,33)/t19-,25+,26-/m1/s1. The summed E-state index contributed by atoms with van der Waals surface area (Å²) in [5, 5.41) is 3.36. The topological polar surface area (TPSA) is 124 Å². The van der Waals surface area contributed by atoms with E-state index in [1.54, 1.807) is 31.3 Å². The number of rotatable bonds is 7. The number of thioether (sulfide) groups is 1. The molecule has 0 radical (unpaired) electrons. The molecule has 0 unspecified atom stereocenters. The molecule has 38 heavy (non-hydrogen) atoms. The van der Waals surface area contributed by atoms with Crippen LogP contribution in [0.15, 0.2) is 58.5 Å². The predicted octanol–water partition coefficient (Wildman–Crippen LogP) is 4.48. The molecule has 1 aliphatic carbocycles. The summed E-state index contributed by atoms with van der Waals surface area (Å²) in [5.41, 5.74) is 6.23. The minimum absolute atomic E-state index is 0.107. The summed E-state index contributed by atoms with van der Waals surface area (Å²) >= 11 is 1.32. The van der Waals surface area contributed by atoms with Gasteiger partial charge in [0.1, 0.15) is 29.8 Å². The van der Waals surface area contributed by atoms with E-state index < -0.39 is 22.8 Å². The Balaban J connectivity index is 1.31. The third-order valence-electron chi connectivity index (χ3n) is 6.58. The van der Waals surface area contributed by atoms with E-state index in [-0.39, 0.29) is 29.1 Å². The van der Waals surface area contributed by atoms with Crippen molar-refractivity contribution in [3.8, 4) is 17.7 Å². The van der Waals surface area contributed by atoms with Crippen molar-refractivity contribution >= 4 is 39.5 Å². The fraction of sp³-hybridized carbons (Fsp3) is 0.269. The van der Waals surface area contributed by atoms with Gasteiger partial charge in [-0.3, -0.25) is 0 Å². The summed E-state index contributed by atoms with van der Waals surface area (Å²) in [4.78, 5) is 21.7. The maximum atomic E-state index is 15.2. The number of hydrogen-bond donors (Lipinski definition) is 2. The minimum Gasteiger partial charge on any atom is -0.467 e. The highest BCUT2D eigenvalue weighted by Crippen LogP contribution is 2.66. The Morgan fingerprint density at radius 2 is 2.16 bits per heavy atom. The van der Waals surface area contributed by atoms with Crippen LogP contribution in [0.4, 0.5) is 20.3 Å². The van der Waals surface area contributed by atoms with Gasteiger partial charge in [0.05, 0.1) is 22.7 Å². The zero-order valence-corrected chi connectivity index (χ0v) is 20.9. The molecule has 1 aliphatic heterocycles. The minimum atomic E-state index is -1.46. The van der Waals surface area contributed by atoms with Crippen LogP contribution >= 0.6 is 11.8 Å². The van der Waals surface area contributed by atoms with E-state index in [0.29, 0.717) is 34.9 Å². The number of nitrogens with zero attached hydrogens (tertiary/aromatic N) is 5. The van der Waals surface area contributed by atoms with Crippen molar-refractivity contribution in [3.63, 3.8) is 0 Å². The summed E-state index contributed by atoms with van der Waals surface area (Å²) in [6, 6.07) is 6.07. The molecule has 2 aliphatic rings. The van der Waals surface area contributed by atoms with Gasteiger partial charge in [0, 0.05) is 23.4 Å². The first kappa shape index (κ1) is 24.1. The number of nitrogens with one attached hydrogen (secondary N) is 1. The molecule has 6 rings (SSSR count). The van der Waals surface area contributed by atoms with Gasteiger partial charge < -0.3 is 20.2 Å². The summed E-state index contributed by atoms with van der Waals surface area (Å²) in [7, 11) is 0. The van der Waals surface area contributed by atoms with Crippen LogP contribution in [0.2, 0.25) is 0 Å². The first-order valence-corrected chi connectivity index (χ1v) is 12.5. The van der Waals surface area contributed by atoms with Gasteiger partial charge in [0.2, 0.25) is 11.8 Å². The van der Waals surface area contributed by atoms with Crippen molar-refractivity contribution in [2.45, 2.75) is 30.2 Å². The maximum Gasteiger partial charge on any atom is 0.233 e. The first-order chi connectivity index (χ1) is 18.5.